The van der Waals surface area contributed by atoms with E-state index in [-0.39, 0.29) is 6.61 Å². The number of benzene rings is 2. The van der Waals surface area contributed by atoms with E-state index in [2.05, 4.69) is 27.8 Å². The molecule has 0 bridgehead atoms. The van der Waals surface area contributed by atoms with Crippen LogP contribution in [0.25, 0.3) is 0 Å². The molecule has 0 amide bonds. The van der Waals surface area contributed by atoms with Crippen LogP contribution in [0.3, 0.4) is 0 Å². The fourth-order valence-corrected chi connectivity index (χ4v) is 2.79. The van der Waals surface area contributed by atoms with Gasteiger partial charge in [0.25, 0.3) is 0 Å². The molecule has 0 aliphatic heterocycles. The highest BCUT2D eigenvalue weighted by atomic mass is 79.9. The maximum atomic E-state index is 13.8. The first-order valence-corrected chi connectivity index (χ1v) is 8.47. The van der Waals surface area contributed by atoms with Crippen molar-refractivity contribution in [1.29, 1.82) is 0 Å². The highest BCUT2D eigenvalue weighted by Crippen LogP contribution is 2.34. The summed E-state index contributed by atoms with van der Waals surface area (Å²) in [4.78, 5) is 0. The first-order valence-electron chi connectivity index (χ1n) is 7.30. The summed E-state index contributed by atoms with van der Waals surface area (Å²) < 4.78 is 25.8. The fraction of sp³-hybridized carbons (Fsp3) is 0.222. The Bertz CT molecular complexity index is 704. The van der Waals surface area contributed by atoms with Gasteiger partial charge in [-0.1, -0.05) is 39.7 Å². The van der Waals surface area contributed by atoms with Gasteiger partial charge in [-0.25, -0.2) is 4.39 Å². The Kier molecular flexibility index (Phi) is 7.09. The Labute approximate surface area is 154 Å². The van der Waals surface area contributed by atoms with E-state index >= 15 is 0 Å². The number of hydrogen-bond donors (Lipinski definition) is 1. The smallest absolute Gasteiger partial charge is 0.162 e. The van der Waals surface area contributed by atoms with Gasteiger partial charge in [0.1, 0.15) is 12.4 Å². The van der Waals surface area contributed by atoms with E-state index in [1.54, 1.807) is 31.4 Å². The van der Waals surface area contributed by atoms with Gasteiger partial charge in [-0.2, -0.15) is 0 Å². The standard InChI is InChI=1S/C18H18BrClFNO2/c1-3-7-22-10-12-8-17(23-2)18(9-14(12)19)24-11-13-15(20)5-4-6-16(13)21/h3-6,8-9,22H,1,7,10-11H2,2H3. The molecule has 2 rings (SSSR count). The molecule has 128 valence electrons. The first-order chi connectivity index (χ1) is 11.6. The Balaban J connectivity index is 2.18. The Hall–Kier alpha value is -1.56. The monoisotopic (exact) mass is 413 g/mol. The number of rotatable bonds is 8. The van der Waals surface area contributed by atoms with Crippen LogP contribution in [0, 0.1) is 5.82 Å². The van der Waals surface area contributed by atoms with E-state index < -0.39 is 5.82 Å². The van der Waals surface area contributed by atoms with Crippen molar-refractivity contribution >= 4 is 27.5 Å². The van der Waals surface area contributed by atoms with Gasteiger partial charge in [-0.3, -0.25) is 0 Å². The molecule has 1 N–H and O–H groups in total. The SMILES string of the molecule is C=CCNCc1cc(OC)c(OCc2c(F)cccc2Cl)cc1Br. The predicted molar refractivity (Wildman–Crippen MR) is 98.3 cm³/mol. The van der Waals surface area contributed by atoms with Crippen LogP contribution in [0.15, 0.2) is 47.5 Å². The van der Waals surface area contributed by atoms with E-state index in [1.807, 2.05) is 6.07 Å². The van der Waals surface area contributed by atoms with Crippen molar-refractivity contribution in [2.24, 2.45) is 0 Å². The summed E-state index contributed by atoms with van der Waals surface area (Å²) in [6.07, 6.45) is 1.79. The highest BCUT2D eigenvalue weighted by Gasteiger charge is 2.13. The van der Waals surface area contributed by atoms with Crippen LogP contribution in [0.2, 0.25) is 5.02 Å². The molecule has 0 radical (unpaired) electrons. The van der Waals surface area contributed by atoms with Crippen molar-refractivity contribution in [2.75, 3.05) is 13.7 Å². The minimum Gasteiger partial charge on any atom is -0.493 e. The summed E-state index contributed by atoms with van der Waals surface area (Å²) in [5.41, 5.74) is 1.33. The summed E-state index contributed by atoms with van der Waals surface area (Å²) >= 11 is 9.54. The number of hydrogen-bond acceptors (Lipinski definition) is 3. The molecule has 0 saturated heterocycles. The Morgan fingerprint density at radius 2 is 2.12 bits per heavy atom. The molecule has 2 aromatic rings. The van der Waals surface area contributed by atoms with E-state index in [0.717, 1.165) is 10.0 Å². The molecule has 0 spiro atoms. The lowest BCUT2D eigenvalue weighted by Gasteiger charge is -2.15. The first kappa shape index (κ1) is 18.8. The molecular weight excluding hydrogens is 397 g/mol. The second kappa shape index (κ2) is 9.06. The lowest BCUT2D eigenvalue weighted by atomic mass is 10.2. The number of halogens is 3. The molecule has 24 heavy (non-hydrogen) atoms. The lowest BCUT2D eigenvalue weighted by Crippen LogP contribution is -2.13. The number of methoxy groups -OCH3 is 1. The minimum atomic E-state index is -0.397. The van der Waals surface area contributed by atoms with Crippen molar-refractivity contribution in [2.45, 2.75) is 13.2 Å². The van der Waals surface area contributed by atoms with Gasteiger partial charge in [0.05, 0.1) is 12.1 Å². The summed E-state index contributed by atoms with van der Waals surface area (Å²) in [6.45, 7) is 5.05. The molecule has 3 nitrogen and oxygen atoms in total. The van der Waals surface area contributed by atoms with Gasteiger partial charge in [-0.15, -0.1) is 6.58 Å². The van der Waals surface area contributed by atoms with Crippen LogP contribution >= 0.6 is 27.5 Å². The third-order valence-corrected chi connectivity index (χ3v) is 4.46. The van der Waals surface area contributed by atoms with E-state index in [4.69, 9.17) is 21.1 Å². The molecule has 0 fully saturated rings. The lowest BCUT2D eigenvalue weighted by molar-refractivity contribution is 0.279. The summed E-state index contributed by atoms with van der Waals surface area (Å²) in [5.74, 6) is 0.683. The quantitative estimate of drug-likeness (QED) is 0.481. The van der Waals surface area contributed by atoms with Gasteiger partial charge >= 0.3 is 0 Å². The Morgan fingerprint density at radius 3 is 2.79 bits per heavy atom. The molecule has 0 aromatic heterocycles. The topological polar surface area (TPSA) is 30.5 Å². The maximum Gasteiger partial charge on any atom is 0.162 e. The molecule has 6 heteroatoms. The predicted octanol–water partition coefficient (Wildman–Crippen LogP) is 5.10. The third-order valence-electron chi connectivity index (χ3n) is 3.37. The average molecular weight is 415 g/mol. The van der Waals surface area contributed by atoms with Crippen molar-refractivity contribution < 1.29 is 13.9 Å². The van der Waals surface area contributed by atoms with E-state index in [1.165, 1.54) is 6.07 Å². The zero-order chi connectivity index (χ0) is 17.5. The van der Waals surface area contributed by atoms with Crippen LogP contribution in [0.5, 0.6) is 11.5 Å². The minimum absolute atomic E-state index is 0.0162. The normalized spacial score (nSPS) is 10.5. The van der Waals surface area contributed by atoms with Crippen molar-refractivity contribution in [3.63, 3.8) is 0 Å². The van der Waals surface area contributed by atoms with Gasteiger partial charge < -0.3 is 14.8 Å². The highest BCUT2D eigenvalue weighted by molar-refractivity contribution is 9.10. The van der Waals surface area contributed by atoms with Gasteiger partial charge in [0.2, 0.25) is 0 Å². The van der Waals surface area contributed by atoms with Crippen molar-refractivity contribution in [3.05, 3.63) is 69.4 Å². The van der Waals surface area contributed by atoms with Crippen LogP contribution in [0.4, 0.5) is 4.39 Å². The van der Waals surface area contributed by atoms with E-state index in [9.17, 15) is 4.39 Å². The third kappa shape index (κ3) is 4.72. The van der Waals surface area contributed by atoms with Crippen LogP contribution in [-0.2, 0) is 13.2 Å². The molecule has 0 saturated carbocycles. The fourth-order valence-electron chi connectivity index (χ4n) is 2.11. The Morgan fingerprint density at radius 1 is 1.33 bits per heavy atom. The summed E-state index contributed by atoms with van der Waals surface area (Å²) in [5, 5.41) is 3.56. The second-order valence-electron chi connectivity index (χ2n) is 5.00. The van der Waals surface area contributed by atoms with Crippen LogP contribution in [0.1, 0.15) is 11.1 Å². The molecule has 0 unspecified atom stereocenters. The molecule has 2 aromatic carbocycles. The molecule has 0 heterocycles. The summed E-state index contributed by atoms with van der Waals surface area (Å²) in [6, 6.07) is 8.22. The molecule has 0 aliphatic rings. The summed E-state index contributed by atoms with van der Waals surface area (Å²) in [7, 11) is 1.56. The zero-order valence-corrected chi connectivity index (χ0v) is 15.6. The number of nitrogens with one attached hydrogen (secondary N) is 1. The zero-order valence-electron chi connectivity index (χ0n) is 13.2. The van der Waals surface area contributed by atoms with Crippen LogP contribution < -0.4 is 14.8 Å². The van der Waals surface area contributed by atoms with Gasteiger partial charge in [0.15, 0.2) is 11.5 Å². The van der Waals surface area contributed by atoms with Gasteiger partial charge in [0, 0.05) is 23.1 Å². The maximum absolute atomic E-state index is 13.8. The molecule has 0 aliphatic carbocycles. The average Bonchev–Trinajstić information content (AvgIpc) is 2.56. The van der Waals surface area contributed by atoms with Crippen molar-refractivity contribution in [3.8, 4) is 11.5 Å². The molecule has 0 atom stereocenters. The van der Waals surface area contributed by atoms with Crippen LogP contribution in [-0.4, -0.2) is 13.7 Å². The molecular formula is C18H18BrClFNO2. The number of ether oxygens (including phenoxy) is 2. The van der Waals surface area contributed by atoms with Crippen molar-refractivity contribution in [1.82, 2.24) is 5.32 Å². The van der Waals surface area contributed by atoms with E-state index in [0.29, 0.717) is 35.2 Å². The van der Waals surface area contributed by atoms with Gasteiger partial charge in [-0.05, 0) is 29.8 Å². The second-order valence-corrected chi connectivity index (χ2v) is 6.26. The largest absolute Gasteiger partial charge is 0.493 e.